The topological polar surface area (TPSA) is 20.2 Å². The summed E-state index contributed by atoms with van der Waals surface area (Å²) in [7, 11) is 0. The second kappa shape index (κ2) is 7.07. The Morgan fingerprint density at radius 2 is 1.00 bits per heavy atom. The first-order valence-electron chi connectivity index (χ1n) is 5.91. The highest BCUT2D eigenvalue weighted by atomic mass is 127. The number of hydrogen-bond donors (Lipinski definition) is 1. The third kappa shape index (κ3) is 4.05. The molecular weight excluding hydrogens is 510 g/mol. The van der Waals surface area contributed by atoms with Gasteiger partial charge < -0.3 is 5.11 Å². The molecule has 0 radical (unpaired) electrons. The molecule has 0 aromatic rings. The van der Waals surface area contributed by atoms with Gasteiger partial charge in [-0.2, -0.15) is 57.1 Å². The molecule has 152 valence electrons. The number of aliphatic hydroxyl groups excluding tert-OH is 1. The highest BCUT2D eigenvalue weighted by Gasteiger charge is 2.90. The van der Waals surface area contributed by atoms with Gasteiger partial charge in [-0.05, 0) is 6.42 Å². The summed E-state index contributed by atoms with van der Waals surface area (Å²) in [5, 5.41) is 8.39. The van der Waals surface area contributed by atoms with E-state index in [1.165, 1.54) is 0 Å². The van der Waals surface area contributed by atoms with Crippen molar-refractivity contribution in [3.8, 4) is 0 Å². The number of rotatable bonds is 8. The Kier molecular flexibility index (Phi) is 7.01. The molecule has 25 heavy (non-hydrogen) atoms. The maximum Gasteiger partial charge on any atom is 0.460 e. The fraction of sp³-hybridized carbons (Fsp3) is 1.00. The molecule has 0 rings (SSSR count). The Morgan fingerprint density at radius 3 is 1.32 bits per heavy atom. The van der Waals surface area contributed by atoms with Gasteiger partial charge in [0, 0.05) is 17.0 Å². The summed E-state index contributed by atoms with van der Waals surface area (Å²) in [6.45, 7) is -0.895. The quantitative estimate of drug-likeness (QED) is 0.263. The van der Waals surface area contributed by atoms with E-state index in [1.807, 2.05) is 0 Å². The van der Waals surface area contributed by atoms with E-state index in [2.05, 4.69) is 0 Å². The maximum atomic E-state index is 13.3. The van der Waals surface area contributed by atoms with E-state index in [0.29, 0.717) is 0 Å². The standard InChI is InChI=1S/C10H8F13IO/c11-5(12,3-4(24)1-2-25)6(13,14)7(15,16)8(17,18)9(19,20)10(21,22)23/h4,25H,1-3H2. The van der Waals surface area contributed by atoms with Crippen LogP contribution in [0.1, 0.15) is 12.8 Å². The van der Waals surface area contributed by atoms with Crippen molar-refractivity contribution in [1.29, 1.82) is 0 Å². The van der Waals surface area contributed by atoms with Crippen LogP contribution in [0.4, 0.5) is 57.1 Å². The Balaban J connectivity index is 6.03. The largest absolute Gasteiger partial charge is 0.460 e. The third-order valence-electron chi connectivity index (χ3n) is 2.92. The molecule has 0 aliphatic heterocycles. The van der Waals surface area contributed by atoms with Crippen LogP contribution in [0.3, 0.4) is 0 Å². The van der Waals surface area contributed by atoms with Crippen molar-refractivity contribution in [1.82, 2.24) is 0 Å². The van der Waals surface area contributed by atoms with Crippen LogP contribution in [0.25, 0.3) is 0 Å². The molecule has 1 N–H and O–H groups in total. The van der Waals surface area contributed by atoms with Gasteiger partial charge in [0.15, 0.2) is 0 Å². The molecule has 15 heteroatoms. The van der Waals surface area contributed by atoms with Crippen LogP contribution in [0.5, 0.6) is 0 Å². The van der Waals surface area contributed by atoms with Gasteiger partial charge in [0.1, 0.15) is 0 Å². The summed E-state index contributed by atoms with van der Waals surface area (Å²) >= 11 is 0.951. The van der Waals surface area contributed by atoms with Crippen molar-refractivity contribution in [3.63, 3.8) is 0 Å². The van der Waals surface area contributed by atoms with Gasteiger partial charge in [0.25, 0.3) is 0 Å². The van der Waals surface area contributed by atoms with Gasteiger partial charge in [-0.1, -0.05) is 22.6 Å². The summed E-state index contributed by atoms with van der Waals surface area (Å²) in [6, 6.07) is 0. The number of aliphatic hydroxyl groups is 1. The molecule has 0 aromatic carbocycles. The molecule has 0 bridgehead atoms. The fourth-order valence-corrected chi connectivity index (χ4v) is 2.28. The van der Waals surface area contributed by atoms with E-state index in [9.17, 15) is 57.1 Å². The lowest BCUT2D eigenvalue weighted by molar-refractivity contribution is -0.440. The molecule has 0 aliphatic carbocycles. The molecule has 1 atom stereocenters. The summed E-state index contributed by atoms with van der Waals surface area (Å²) in [6.07, 6.45) is -10.4. The van der Waals surface area contributed by atoms with Crippen LogP contribution < -0.4 is 0 Å². The molecule has 0 spiro atoms. The minimum atomic E-state index is -7.87. The van der Waals surface area contributed by atoms with Crippen LogP contribution in [-0.4, -0.2) is 51.4 Å². The first-order valence-corrected chi connectivity index (χ1v) is 7.16. The molecule has 1 unspecified atom stereocenters. The maximum absolute atomic E-state index is 13.3. The van der Waals surface area contributed by atoms with Gasteiger partial charge in [-0.3, -0.25) is 0 Å². The van der Waals surface area contributed by atoms with E-state index in [0.717, 1.165) is 22.6 Å². The smallest absolute Gasteiger partial charge is 0.396 e. The van der Waals surface area contributed by atoms with Gasteiger partial charge in [-0.25, -0.2) is 0 Å². The van der Waals surface area contributed by atoms with Gasteiger partial charge >= 0.3 is 35.8 Å². The average molecular weight is 518 g/mol. The molecule has 0 heterocycles. The van der Waals surface area contributed by atoms with E-state index in [-0.39, 0.29) is 0 Å². The lowest BCUT2D eigenvalue weighted by Crippen LogP contribution is -2.70. The molecule has 0 aliphatic rings. The molecule has 0 saturated carbocycles. The average Bonchev–Trinajstić information content (AvgIpc) is 2.35. The van der Waals surface area contributed by atoms with Crippen molar-refractivity contribution >= 4 is 22.6 Å². The molecule has 0 aromatic heterocycles. The zero-order valence-corrected chi connectivity index (χ0v) is 13.6. The zero-order chi connectivity index (χ0) is 20.7. The third-order valence-corrected chi connectivity index (χ3v) is 3.98. The monoisotopic (exact) mass is 518 g/mol. The molecule has 0 amide bonds. The number of halogens is 14. The summed E-state index contributed by atoms with van der Waals surface area (Å²) in [4.78, 5) is 0. The van der Waals surface area contributed by atoms with E-state index >= 15 is 0 Å². The number of hydrogen-bond acceptors (Lipinski definition) is 1. The Morgan fingerprint density at radius 1 is 0.640 bits per heavy atom. The number of alkyl halides is 14. The van der Waals surface area contributed by atoms with Crippen molar-refractivity contribution in [2.24, 2.45) is 0 Å². The summed E-state index contributed by atoms with van der Waals surface area (Å²) in [5.41, 5.74) is 0. The van der Waals surface area contributed by atoms with Crippen LogP contribution in [0.15, 0.2) is 0 Å². The highest BCUT2D eigenvalue weighted by Crippen LogP contribution is 2.60. The van der Waals surface area contributed by atoms with Crippen LogP contribution in [-0.2, 0) is 0 Å². The summed E-state index contributed by atoms with van der Waals surface area (Å²) in [5.74, 6) is -36.7. The van der Waals surface area contributed by atoms with Gasteiger partial charge in [-0.15, -0.1) is 0 Å². The molecule has 0 fully saturated rings. The summed E-state index contributed by atoms with van der Waals surface area (Å²) < 4.78 is 164. The van der Waals surface area contributed by atoms with Gasteiger partial charge in [0.2, 0.25) is 0 Å². The van der Waals surface area contributed by atoms with E-state index in [4.69, 9.17) is 5.11 Å². The highest BCUT2D eigenvalue weighted by molar-refractivity contribution is 14.1. The minimum absolute atomic E-state index is 0.688. The lowest BCUT2D eigenvalue weighted by Gasteiger charge is -2.40. The van der Waals surface area contributed by atoms with E-state index < -0.39 is 59.2 Å². The Hall–Kier alpha value is -0.220. The van der Waals surface area contributed by atoms with Crippen LogP contribution in [0, 0.1) is 0 Å². The first kappa shape index (κ1) is 24.8. The normalized spacial score (nSPS) is 16.9. The second-order valence-corrected chi connectivity index (χ2v) is 6.58. The van der Waals surface area contributed by atoms with Crippen LogP contribution in [0.2, 0.25) is 0 Å². The van der Waals surface area contributed by atoms with E-state index in [1.54, 1.807) is 0 Å². The van der Waals surface area contributed by atoms with Crippen molar-refractivity contribution < 1.29 is 62.2 Å². The van der Waals surface area contributed by atoms with Crippen molar-refractivity contribution in [3.05, 3.63) is 0 Å². The molecule has 0 saturated heterocycles. The lowest BCUT2D eigenvalue weighted by atomic mass is 9.92. The minimum Gasteiger partial charge on any atom is -0.396 e. The Labute approximate surface area is 144 Å². The Bertz CT molecular complexity index is 458. The van der Waals surface area contributed by atoms with Gasteiger partial charge in [0.05, 0.1) is 0 Å². The molecular formula is C10H8F13IO. The predicted molar refractivity (Wildman–Crippen MR) is 64.9 cm³/mol. The fourth-order valence-electron chi connectivity index (χ4n) is 1.45. The second-order valence-electron chi connectivity index (χ2n) is 4.81. The SMILES string of the molecule is OCCC(I)CC(F)(F)C(F)(F)C(F)(F)C(F)(F)C(F)(F)C(F)(F)F. The first-order chi connectivity index (χ1) is 10.7. The van der Waals surface area contributed by atoms with Crippen LogP contribution >= 0.6 is 22.6 Å². The molecule has 1 nitrogen and oxygen atoms in total. The van der Waals surface area contributed by atoms with Crippen molar-refractivity contribution in [2.75, 3.05) is 6.61 Å². The predicted octanol–water partition coefficient (Wildman–Crippen LogP) is 5.30. The zero-order valence-electron chi connectivity index (χ0n) is 11.4. The van der Waals surface area contributed by atoms with Crippen molar-refractivity contribution in [2.45, 2.75) is 52.6 Å².